The van der Waals surface area contributed by atoms with Crippen LogP contribution >= 0.6 is 0 Å². The molecule has 0 aliphatic heterocycles. The number of carbonyl (C=O) groups is 3. The number of hydrogen-bond donors (Lipinski definition) is 0. The lowest BCUT2D eigenvalue weighted by Gasteiger charge is -2.06. The molecular weight excluding hydrogens is 388 g/mol. The molecule has 0 spiro atoms. The lowest BCUT2D eigenvalue weighted by Crippen LogP contribution is -2.09. The highest BCUT2D eigenvalue weighted by Crippen LogP contribution is 1.94. The zero-order valence-corrected chi connectivity index (χ0v) is 16.8. The summed E-state index contributed by atoms with van der Waals surface area (Å²) in [6.45, 7) is 17.1. The molecule has 0 rings (SSSR count). The first-order valence-electron chi connectivity index (χ1n) is 8.34. The predicted octanol–water partition coefficient (Wildman–Crippen LogP) is 7.94. The van der Waals surface area contributed by atoms with Crippen LogP contribution in [0, 0.1) is 0 Å². The van der Waals surface area contributed by atoms with Crippen LogP contribution in [0.3, 0.4) is 0 Å². The van der Waals surface area contributed by atoms with Crippen LogP contribution in [0.2, 0.25) is 0 Å². The first-order valence-corrected chi connectivity index (χ1v) is 8.34. The molecule has 7 nitrogen and oxygen atoms in total. The van der Waals surface area contributed by atoms with Crippen molar-refractivity contribution in [2.75, 3.05) is 19.8 Å². The summed E-state index contributed by atoms with van der Waals surface area (Å²) in [6, 6.07) is 0. The van der Waals surface area contributed by atoms with Crippen molar-refractivity contribution in [1.29, 1.82) is 0 Å². The molecule has 0 bridgehead atoms. The minimum atomic E-state index is -0.588. The van der Waals surface area contributed by atoms with E-state index in [0.29, 0.717) is 19.8 Å². The number of ether oxygens (including phenoxy) is 4. The topological polar surface area (TPSA) is 88.1 Å². The highest BCUT2D eigenvalue weighted by atomic mass is 16.7. The molecule has 1 atom stereocenters. The maximum Gasteiger partial charge on any atom is 0.508 e. The number of carbonyl (C=O) groups excluding carboxylic acids is 3. The summed E-state index contributed by atoms with van der Waals surface area (Å²) in [4.78, 5) is 30.2. The third kappa shape index (κ3) is 95.5. The Kier molecular flexibility index (Phi) is 118. The lowest BCUT2D eigenvalue weighted by molar-refractivity contribution is -0.145. The van der Waals surface area contributed by atoms with Gasteiger partial charge < -0.3 is 18.9 Å². The summed E-state index contributed by atoms with van der Waals surface area (Å²) < 4.78 is 18.0. The third-order valence-corrected chi connectivity index (χ3v) is 1.81. The number of hydrogen-bond acceptors (Lipinski definition) is 7. The van der Waals surface area contributed by atoms with Crippen LogP contribution in [0.4, 0.5) is 4.79 Å². The van der Waals surface area contributed by atoms with Gasteiger partial charge >= 0.3 is 18.1 Å². The fourth-order valence-corrected chi connectivity index (χ4v) is 0.847. The van der Waals surface area contributed by atoms with Crippen molar-refractivity contribution in [3.8, 4) is 0 Å². The molecule has 0 heterocycles. The Morgan fingerprint density at radius 3 is 1.03 bits per heavy atom. The predicted molar refractivity (Wildman–Crippen MR) is 134 cm³/mol. The van der Waals surface area contributed by atoms with E-state index in [0.717, 1.165) is 6.42 Å². The third-order valence-electron chi connectivity index (χ3n) is 1.81. The summed E-state index contributed by atoms with van der Waals surface area (Å²) in [5, 5.41) is 0. The van der Waals surface area contributed by atoms with E-state index in [-0.39, 0.29) is 62.6 Å². The second-order valence-electron chi connectivity index (χ2n) is 3.87. The Balaban J connectivity index is -0.0000000220. The molecular formula is C23H60O7. The molecule has 30 heavy (non-hydrogen) atoms. The molecule has 0 amide bonds. The molecule has 0 aromatic rings. The summed E-state index contributed by atoms with van der Waals surface area (Å²) in [5.41, 5.74) is 0. The number of esters is 2. The fourth-order valence-electron chi connectivity index (χ4n) is 0.847. The molecule has 7 heteroatoms. The Bertz CT molecular complexity index is 285. The standard InChI is InChI=1S/C6H12O2.C5H10O3.C4H8O2.C2H6.6CH4/c1-4-5(2)8-6(3)7;1-3-7-5(6)8-4-2;1-3-6-4(2)5;1-2;;;;;;/h5H,4H2,1-3H3;3-4H2,1-2H3;3H2,1-2H3;1-2H3;6*1H4. The van der Waals surface area contributed by atoms with Gasteiger partial charge in [0.2, 0.25) is 0 Å². The maximum absolute atomic E-state index is 10.2. The monoisotopic (exact) mass is 448 g/mol. The summed E-state index contributed by atoms with van der Waals surface area (Å²) in [7, 11) is 0. The number of rotatable bonds is 5. The zero-order chi connectivity index (χ0) is 20.0. The van der Waals surface area contributed by atoms with Gasteiger partial charge in [-0.25, -0.2) is 4.79 Å². The van der Waals surface area contributed by atoms with Crippen molar-refractivity contribution >= 4 is 18.1 Å². The van der Waals surface area contributed by atoms with Crippen LogP contribution in [0.25, 0.3) is 0 Å². The van der Waals surface area contributed by atoms with E-state index in [4.69, 9.17) is 4.74 Å². The first-order chi connectivity index (χ1) is 11.2. The maximum atomic E-state index is 10.2. The smallest absolute Gasteiger partial charge is 0.466 e. The lowest BCUT2D eigenvalue weighted by atomic mass is 10.3. The van der Waals surface area contributed by atoms with E-state index in [1.165, 1.54) is 13.8 Å². The Morgan fingerprint density at radius 1 is 0.633 bits per heavy atom. The van der Waals surface area contributed by atoms with Crippen LogP contribution < -0.4 is 0 Å². The van der Waals surface area contributed by atoms with Gasteiger partial charge in [-0.1, -0.05) is 65.3 Å². The Labute approximate surface area is 191 Å². The highest BCUT2D eigenvalue weighted by Gasteiger charge is 1.99. The summed E-state index contributed by atoms with van der Waals surface area (Å²) >= 11 is 0. The van der Waals surface area contributed by atoms with Gasteiger partial charge in [0.15, 0.2) is 0 Å². The highest BCUT2D eigenvalue weighted by molar-refractivity contribution is 5.66. The summed E-state index contributed by atoms with van der Waals surface area (Å²) in [5.74, 6) is -0.406. The Hall–Kier alpha value is -1.79. The van der Waals surface area contributed by atoms with E-state index >= 15 is 0 Å². The molecule has 194 valence electrons. The normalized spacial score (nSPS) is 7.37. The summed E-state index contributed by atoms with van der Waals surface area (Å²) in [6.07, 6.45) is 0.377. The van der Waals surface area contributed by atoms with Crippen LogP contribution in [0.5, 0.6) is 0 Å². The van der Waals surface area contributed by atoms with E-state index in [2.05, 4.69) is 14.2 Å². The van der Waals surface area contributed by atoms with Gasteiger partial charge in [0, 0.05) is 13.8 Å². The van der Waals surface area contributed by atoms with Crippen LogP contribution in [0.1, 0.15) is 113 Å². The van der Waals surface area contributed by atoms with Gasteiger partial charge in [0.1, 0.15) is 0 Å². The average molecular weight is 449 g/mol. The van der Waals surface area contributed by atoms with Gasteiger partial charge in [-0.3, -0.25) is 9.59 Å². The average Bonchev–Trinajstić information content (AvgIpc) is 2.50. The van der Waals surface area contributed by atoms with Crippen molar-refractivity contribution in [1.82, 2.24) is 0 Å². The van der Waals surface area contributed by atoms with Gasteiger partial charge in [-0.2, -0.15) is 0 Å². The molecule has 0 aromatic heterocycles. The quantitative estimate of drug-likeness (QED) is 0.311. The molecule has 1 unspecified atom stereocenters. The van der Waals surface area contributed by atoms with Crippen molar-refractivity contribution in [2.24, 2.45) is 0 Å². The van der Waals surface area contributed by atoms with Crippen LogP contribution in [-0.2, 0) is 28.5 Å². The molecule has 0 saturated heterocycles. The largest absolute Gasteiger partial charge is 0.508 e. The molecule has 0 fully saturated rings. The second-order valence-corrected chi connectivity index (χ2v) is 3.87. The first kappa shape index (κ1) is 63.0. The van der Waals surface area contributed by atoms with Crippen LogP contribution in [-0.4, -0.2) is 44.0 Å². The minimum absolute atomic E-state index is 0. The fraction of sp³-hybridized carbons (Fsp3) is 0.870. The molecule has 0 saturated carbocycles. The molecule has 0 aliphatic carbocycles. The second kappa shape index (κ2) is 56.4. The minimum Gasteiger partial charge on any atom is -0.466 e. The Morgan fingerprint density at radius 2 is 0.933 bits per heavy atom. The van der Waals surface area contributed by atoms with Gasteiger partial charge in [0.05, 0.1) is 25.9 Å². The molecule has 0 N–H and O–H groups in total. The SMILES string of the molecule is C.C.C.C.C.C.CC.CCC(C)OC(C)=O.CCOC(=O)OCC.CCOC(C)=O. The van der Waals surface area contributed by atoms with Crippen molar-refractivity contribution in [2.45, 2.75) is 119 Å². The van der Waals surface area contributed by atoms with Crippen LogP contribution in [0.15, 0.2) is 0 Å². The van der Waals surface area contributed by atoms with Crippen molar-refractivity contribution < 1.29 is 33.3 Å². The van der Waals surface area contributed by atoms with Gasteiger partial charge in [-0.05, 0) is 34.1 Å². The van der Waals surface area contributed by atoms with E-state index < -0.39 is 6.16 Å². The van der Waals surface area contributed by atoms with Gasteiger partial charge in [-0.15, -0.1) is 0 Å². The van der Waals surface area contributed by atoms with Crippen molar-refractivity contribution in [3.63, 3.8) is 0 Å². The zero-order valence-electron chi connectivity index (χ0n) is 16.8. The van der Waals surface area contributed by atoms with Gasteiger partial charge in [0.25, 0.3) is 0 Å². The van der Waals surface area contributed by atoms with E-state index in [1.54, 1.807) is 20.8 Å². The molecule has 0 radical (unpaired) electrons. The molecule has 0 aliphatic rings. The molecule has 0 aromatic carbocycles. The van der Waals surface area contributed by atoms with Crippen molar-refractivity contribution in [3.05, 3.63) is 0 Å². The van der Waals surface area contributed by atoms with E-state index in [9.17, 15) is 14.4 Å². The van der Waals surface area contributed by atoms with E-state index in [1.807, 2.05) is 27.7 Å².